The van der Waals surface area contributed by atoms with Crippen LogP contribution in [0.1, 0.15) is 23.6 Å². The third kappa shape index (κ3) is 4.46. The minimum Gasteiger partial charge on any atom is -0.309 e. The second-order valence-corrected chi connectivity index (χ2v) is 5.24. The fraction of sp³-hybridized carbons (Fsp3) is 0.438. The summed E-state index contributed by atoms with van der Waals surface area (Å²) < 4.78 is 0. The minimum absolute atomic E-state index is 0.0443. The van der Waals surface area contributed by atoms with E-state index in [-0.39, 0.29) is 11.7 Å². The van der Waals surface area contributed by atoms with E-state index in [1.165, 1.54) is 11.1 Å². The number of hydrogen-bond donors (Lipinski definition) is 0. The lowest BCUT2D eigenvalue weighted by Crippen LogP contribution is -2.24. The number of carbonyl (C=O) groups is 1. The highest BCUT2D eigenvalue weighted by Crippen LogP contribution is 2.11. The Morgan fingerprint density at radius 1 is 1.28 bits per heavy atom. The molecule has 0 saturated carbocycles. The molecule has 2 nitrogen and oxygen atoms in total. The first-order valence-electron chi connectivity index (χ1n) is 6.34. The van der Waals surface area contributed by atoms with Gasteiger partial charge >= 0.3 is 0 Å². The fourth-order valence-electron chi connectivity index (χ4n) is 1.85. The van der Waals surface area contributed by atoms with E-state index in [2.05, 4.69) is 26.0 Å². The molecule has 18 heavy (non-hydrogen) atoms. The van der Waals surface area contributed by atoms with E-state index >= 15 is 0 Å². The van der Waals surface area contributed by atoms with Gasteiger partial charge in [-0.3, -0.25) is 4.79 Å². The van der Waals surface area contributed by atoms with Gasteiger partial charge in [0.1, 0.15) is 0 Å². The molecule has 1 aromatic carbocycles. The maximum atomic E-state index is 11.9. The highest BCUT2D eigenvalue weighted by Gasteiger charge is 2.10. The largest absolute Gasteiger partial charge is 0.309 e. The lowest BCUT2D eigenvalue weighted by molar-refractivity contribution is -0.118. The smallest absolute Gasteiger partial charge is 0.159 e. The quantitative estimate of drug-likeness (QED) is 0.743. The van der Waals surface area contributed by atoms with Gasteiger partial charge in [-0.15, -0.1) is 0 Å². The van der Waals surface area contributed by atoms with Gasteiger partial charge < -0.3 is 4.90 Å². The van der Waals surface area contributed by atoms with E-state index in [1.54, 1.807) is 6.08 Å². The molecule has 0 N–H and O–H groups in total. The van der Waals surface area contributed by atoms with Gasteiger partial charge in [-0.2, -0.15) is 0 Å². The van der Waals surface area contributed by atoms with Gasteiger partial charge in [-0.05, 0) is 50.7 Å². The zero-order chi connectivity index (χ0) is 13.7. The third-order valence-electron chi connectivity index (χ3n) is 3.10. The number of nitrogens with zero attached hydrogens (tertiary/aromatic N) is 1. The molecule has 0 saturated heterocycles. The van der Waals surface area contributed by atoms with Gasteiger partial charge in [-0.25, -0.2) is 0 Å². The molecule has 0 radical (unpaired) electrons. The van der Waals surface area contributed by atoms with Crippen LogP contribution in [0.5, 0.6) is 0 Å². The standard InChI is InChI=1S/C16H23NO/c1-12-6-7-15(10-13(12)2)8-9-16(18)14(3)11-17(4)5/h6-10,14H,11H2,1-5H3/b9-8+. The van der Waals surface area contributed by atoms with Crippen LogP contribution in [0.25, 0.3) is 6.08 Å². The summed E-state index contributed by atoms with van der Waals surface area (Å²) in [5, 5.41) is 0. The van der Waals surface area contributed by atoms with Crippen LogP contribution in [0, 0.1) is 19.8 Å². The maximum Gasteiger partial charge on any atom is 0.159 e. The first kappa shape index (κ1) is 14.7. The number of hydrogen-bond acceptors (Lipinski definition) is 2. The lowest BCUT2D eigenvalue weighted by Gasteiger charge is -2.13. The number of allylic oxidation sites excluding steroid dienone is 1. The van der Waals surface area contributed by atoms with Crippen molar-refractivity contribution >= 4 is 11.9 Å². The SMILES string of the molecule is Cc1ccc(/C=C/C(=O)C(C)CN(C)C)cc1C. The van der Waals surface area contributed by atoms with Gasteiger partial charge in [0.2, 0.25) is 0 Å². The van der Waals surface area contributed by atoms with Crippen molar-refractivity contribution in [3.63, 3.8) is 0 Å². The van der Waals surface area contributed by atoms with Gasteiger partial charge in [0.15, 0.2) is 5.78 Å². The Balaban J connectivity index is 2.68. The molecule has 0 aliphatic rings. The van der Waals surface area contributed by atoms with Crippen LogP contribution in [-0.4, -0.2) is 31.3 Å². The molecule has 0 bridgehead atoms. The zero-order valence-electron chi connectivity index (χ0n) is 12.0. The Labute approximate surface area is 110 Å². The highest BCUT2D eigenvalue weighted by atomic mass is 16.1. The van der Waals surface area contributed by atoms with Crippen LogP contribution in [-0.2, 0) is 4.79 Å². The molecule has 0 aliphatic heterocycles. The van der Waals surface area contributed by atoms with Crippen LogP contribution < -0.4 is 0 Å². The Morgan fingerprint density at radius 3 is 2.50 bits per heavy atom. The molecule has 1 unspecified atom stereocenters. The molecule has 1 rings (SSSR count). The zero-order valence-corrected chi connectivity index (χ0v) is 12.0. The van der Waals surface area contributed by atoms with Crippen molar-refractivity contribution < 1.29 is 4.79 Å². The summed E-state index contributed by atoms with van der Waals surface area (Å²) in [6, 6.07) is 6.24. The molecular weight excluding hydrogens is 222 g/mol. The Kier molecular flexibility index (Phi) is 5.29. The van der Waals surface area contributed by atoms with Crippen LogP contribution in [0.4, 0.5) is 0 Å². The first-order chi connectivity index (χ1) is 8.40. The van der Waals surface area contributed by atoms with E-state index in [9.17, 15) is 4.79 Å². The van der Waals surface area contributed by atoms with Crippen molar-refractivity contribution in [2.24, 2.45) is 5.92 Å². The minimum atomic E-state index is 0.0443. The predicted molar refractivity (Wildman–Crippen MR) is 77.7 cm³/mol. The molecule has 98 valence electrons. The van der Waals surface area contributed by atoms with Gasteiger partial charge in [0.05, 0.1) is 0 Å². The van der Waals surface area contributed by atoms with Crippen molar-refractivity contribution in [1.29, 1.82) is 0 Å². The Morgan fingerprint density at radius 2 is 1.94 bits per heavy atom. The maximum absolute atomic E-state index is 11.9. The van der Waals surface area contributed by atoms with Crippen molar-refractivity contribution in [3.05, 3.63) is 41.0 Å². The van der Waals surface area contributed by atoms with E-state index < -0.39 is 0 Å². The molecule has 0 fully saturated rings. The van der Waals surface area contributed by atoms with E-state index in [1.807, 2.05) is 38.1 Å². The lowest BCUT2D eigenvalue weighted by atomic mass is 10.0. The highest BCUT2D eigenvalue weighted by molar-refractivity contribution is 5.95. The molecule has 0 aliphatic carbocycles. The molecule has 0 spiro atoms. The summed E-state index contributed by atoms with van der Waals surface area (Å²) in [6.45, 7) is 6.93. The molecule has 1 atom stereocenters. The molecule has 0 aromatic heterocycles. The monoisotopic (exact) mass is 245 g/mol. The Bertz CT molecular complexity index is 446. The van der Waals surface area contributed by atoms with E-state index in [4.69, 9.17) is 0 Å². The average molecular weight is 245 g/mol. The number of aryl methyl sites for hydroxylation is 2. The van der Waals surface area contributed by atoms with Crippen molar-refractivity contribution in [2.75, 3.05) is 20.6 Å². The number of benzene rings is 1. The van der Waals surface area contributed by atoms with Crippen molar-refractivity contribution in [3.8, 4) is 0 Å². The van der Waals surface area contributed by atoms with E-state index in [0.717, 1.165) is 12.1 Å². The molecule has 0 amide bonds. The summed E-state index contributed by atoms with van der Waals surface area (Å²) in [6.07, 6.45) is 3.60. The number of rotatable bonds is 5. The second kappa shape index (κ2) is 6.50. The van der Waals surface area contributed by atoms with E-state index in [0.29, 0.717) is 0 Å². The fourth-order valence-corrected chi connectivity index (χ4v) is 1.85. The summed E-state index contributed by atoms with van der Waals surface area (Å²) in [7, 11) is 3.97. The normalized spacial score (nSPS) is 13.2. The van der Waals surface area contributed by atoms with Gasteiger partial charge in [-0.1, -0.05) is 31.2 Å². The molecule has 1 aromatic rings. The third-order valence-corrected chi connectivity index (χ3v) is 3.10. The number of ketones is 1. The van der Waals surface area contributed by atoms with Crippen LogP contribution in [0.3, 0.4) is 0 Å². The molecular formula is C16H23NO. The second-order valence-electron chi connectivity index (χ2n) is 5.24. The van der Waals surface area contributed by atoms with Gasteiger partial charge in [0, 0.05) is 12.5 Å². The summed E-state index contributed by atoms with van der Waals surface area (Å²) in [4.78, 5) is 13.9. The summed E-state index contributed by atoms with van der Waals surface area (Å²) >= 11 is 0. The van der Waals surface area contributed by atoms with Crippen molar-refractivity contribution in [2.45, 2.75) is 20.8 Å². The summed E-state index contributed by atoms with van der Waals surface area (Å²) in [5.74, 6) is 0.227. The van der Waals surface area contributed by atoms with Crippen LogP contribution >= 0.6 is 0 Å². The first-order valence-corrected chi connectivity index (χ1v) is 6.34. The van der Waals surface area contributed by atoms with Crippen LogP contribution in [0.15, 0.2) is 24.3 Å². The predicted octanol–water partition coefficient (Wildman–Crippen LogP) is 3.08. The van der Waals surface area contributed by atoms with Crippen LogP contribution in [0.2, 0.25) is 0 Å². The Hall–Kier alpha value is -1.41. The van der Waals surface area contributed by atoms with Crippen molar-refractivity contribution in [1.82, 2.24) is 4.90 Å². The van der Waals surface area contributed by atoms with Gasteiger partial charge in [0.25, 0.3) is 0 Å². The topological polar surface area (TPSA) is 20.3 Å². The molecule has 0 heterocycles. The average Bonchev–Trinajstić information content (AvgIpc) is 2.29. The number of carbonyl (C=O) groups excluding carboxylic acids is 1. The summed E-state index contributed by atoms with van der Waals surface area (Å²) in [5.41, 5.74) is 3.62. The molecule has 2 heteroatoms.